The van der Waals surface area contributed by atoms with E-state index >= 15 is 0 Å². The van der Waals surface area contributed by atoms with Crippen molar-refractivity contribution < 1.29 is 5.11 Å². The zero-order valence-electron chi connectivity index (χ0n) is 8.55. The highest BCUT2D eigenvalue weighted by Crippen LogP contribution is 2.33. The Morgan fingerprint density at radius 1 is 1.27 bits per heavy atom. The number of rotatable bonds is 3. The number of hydrogen-bond donors (Lipinski definition) is 2. The summed E-state index contributed by atoms with van der Waals surface area (Å²) in [7, 11) is 0. The Labute approximate surface area is 113 Å². The van der Waals surface area contributed by atoms with E-state index in [1.165, 1.54) is 0 Å². The van der Waals surface area contributed by atoms with Gasteiger partial charge in [0.25, 0.3) is 0 Å². The summed E-state index contributed by atoms with van der Waals surface area (Å²) < 4.78 is 1.43. The minimum Gasteiger partial charge on any atom is -0.506 e. The highest BCUT2D eigenvalue weighted by molar-refractivity contribution is 9.11. The number of halogens is 3. The average molecular weight is 359 g/mol. The first kappa shape index (κ1) is 15.2. The zero-order chi connectivity index (χ0) is 10.7. The van der Waals surface area contributed by atoms with Crippen LogP contribution < -0.4 is 5.32 Å². The first-order chi connectivity index (χ1) is 6.50. The molecule has 1 aromatic rings. The second kappa shape index (κ2) is 6.74. The van der Waals surface area contributed by atoms with E-state index in [1.54, 1.807) is 0 Å². The summed E-state index contributed by atoms with van der Waals surface area (Å²) in [5.74, 6) is 0.248. The van der Waals surface area contributed by atoms with E-state index in [9.17, 15) is 5.11 Å². The van der Waals surface area contributed by atoms with Crippen LogP contribution in [0.3, 0.4) is 0 Å². The predicted molar refractivity (Wildman–Crippen MR) is 72.7 cm³/mol. The molecule has 15 heavy (non-hydrogen) atoms. The largest absolute Gasteiger partial charge is 0.506 e. The van der Waals surface area contributed by atoms with E-state index in [0.29, 0.717) is 15.0 Å². The van der Waals surface area contributed by atoms with Gasteiger partial charge in [-0.1, -0.05) is 13.8 Å². The van der Waals surface area contributed by atoms with Gasteiger partial charge in [0.1, 0.15) is 5.75 Å². The lowest BCUT2D eigenvalue weighted by Gasteiger charge is -2.09. The fraction of sp³-hybridized carbons (Fsp3) is 0.400. The molecule has 0 atom stereocenters. The normalized spacial score (nSPS) is 10.2. The minimum absolute atomic E-state index is 0. The maximum absolute atomic E-state index is 9.49. The Morgan fingerprint density at radius 2 is 1.73 bits per heavy atom. The van der Waals surface area contributed by atoms with Gasteiger partial charge in [-0.25, -0.2) is 0 Å². The second-order valence-corrected chi connectivity index (χ2v) is 5.15. The third kappa shape index (κ3) is 4.72. The van der Waals surface area contributed by atoms with Crippen LogP contribution in [0, 0.1) is 0 Å². The van der Waals surface area contributed by atoms with Crippen LogP contribution in [-0.2, 0) is 6.54 Å². The van der Waals surface area contributed by atoms with E-state index in [1.807, 2.05) is 12.1 Å². The molecule has 86 valence electrons. The van der Waals surface area contributed by atoms with Gasteiger partial charge in [-0.2, -0.15) is 0 Å². The number of phenolic OH excluding ortho intramolecular Hbond substituents is 1. The van der Waals surface area contributed by atoms with Crippen molar-refractivity contribution >= 4 is 44.3 Å². The lowest BCUT2D eigenvalue weighted by molar-refractivity contribution is 0.468. The van der Waals surface area contributed by atoms with Crippen LogP contribution in [0.5, 0.6) is 5.75 Å². The fourth-order valence-electron chi connectivity index (χ4n) is 1.04. The molecular formula is C10H14Br2ClNO. The van der Waals surface area contributed by atoms with Crippen molar-refractivity contribution in [1.29, 1.82) is 0 Å². The molecule has 0 saturated heterocycles. The van der Waals surface area contributed by atoms with E-state index < -0.39 is 0 Å². The van der Waals surface area contributed by atoms with Crippen LogP contribution in [0.25, 0.3) is 0 Å². The van der Waals surface area contributed by atoms with Gasteiger partial charge in [-0.15, -0.1) is 12.4 Å². The smallest absolute Gasteiger partial charge is 0.143 e. The molecule has 2 N–H and O–H groups in total. The maximum atomic E-state index is 9.49. The van der Waals surface area contributed by atoms with Crippen molar-refractivity contribution in [3.8, 4) is 5.75 Å². The van der Waals surface area contributed by atoms with Gasteiger partial charge in [0, 0.05) is 12.6 Å². The predicted octanol–water partition coefficient (Wildman–Crippen LogP) is 3.84. The van der Waals surface area contributed by atoms with Crippen molar-refractivity contribution in [3.05, 3.63) is 26.6 Å². The van der Waals surface area contributed by atoms with Crippen LogP contribution >= 0.6 is 44.3 Å². The number of nitrogens with one attached hydrogen (secondary N) is 1. The highest BCUT2D eigenvalue weighted by Gasteiger charge is 2.05. The molecule has 1 aromatic carbocycles. The summed E-state index contributed by atoms with van der Waals surface area (Å²) in [6, 6.07) is 4.28. The molecular weight excluding hydrogens is 345 g/mol. The first-order valence-electron chi connectivity index (χ1n) is 4.41. The van der Waals surface area contributed by atoms with Crippen LogP contribution in [0.15, 0.2) is 21.1 Å². The summed E-state index contributed by atoms with van der Waals surface area (Å²) >= 11 is 6.59. The van der Waals surface area contributed by atoms with E-state index in [0.717, 1.165) is 12.1 Å². The molecule has 0 heterocycles. The van der Waals surface area contributed by atoms with E-state index in [4.69, 9.17) is 0 Å². The molecule has 0 aliphatic rings. The van der Waals surface area contributed by atoms with Crippen molar-refractivity contribution in [2.45, 2.75) is 26.4 Å². The Balaban J connectivity index is 0.00000196. The average Bonchev–Trinajstić information content (AvgIpc) is 2.10. The summed E-state index contributed by atoms with van der Waals surface area (Å²) in [5, 5.41) is 12.8. The van der Waals surface area contributed by atoms with Crippen molar-refractivity contribution in [2.75, 3.05) is 0 Å². The fourth-order valence-corrected chi connectivity index (χ4v) is 2.32. The molecule has 0 bridgehead atoms. The molecule has 0 aromatic heterocycles. The summed E-state index contributed by atoms with van der Waals surface area (Å²) in [6.07, 6.45) is 0. The van der Waals surface area contributed by atoms with Gasteiger partial charge in [-0.3, -0.25) is 0 Å². The highest BCUT2D eigenvalue weighted by atomic mass is 79.9. The zero-order valence-corrected chi connectivity index (χ0v) is 12.5. The van der Waals surface area contributed by atoms with Gasteiger partial charge in [-0.05, 0) is 49.6 Å². The molecule has 0 saturated carbocycles. The van der Waals surface area contributed by atoms with E-state index in [-0.39, 0.29) is 18.2 Å². The SMILES string of the molecule is CC(C)NCc1cc(Br)c(O)c(Br)c1.Cl. The lowest BCUT2D eigenvalue weighted by atomic mass is 10.2. The lowest BCUT2D eigenvalue weighted by Crippen LogP contribution is -2.21. The van der Waals surface area contributed by atoms with Gasteiger partial charge < -0.3 is 10.4 Å². The summed E-state index contributed by atoms with van der Waals surface area (Å²) in [6.45, 7) is 5.00. The summed E-state index contributed by atoms with van der Waals surface area (Å²) in [5.41, 5.74) is 1.13. The van der Waals surface area contributed by atoms with E-state index in [2.05, 4.69) is 51.0 Å². The van der Waals surface area contributed by atoms with Crippen molar-refractivity contribution in [2.24, 2.45) is 0 Å². The van der Waals surface area contributed by atoms with Crippen molar-refractivity contribution in [3.63, 3.8) is 0 Å². The monoisotopic (exact) mass is 357 g/mol. The number of benzene rings is 1. The third-order valence-corrected chi connectivity index (χ3v) is 3.00. The molecule has 0 aliphatic carbocycles. The molecule has 1 rings (SSSR count). The molecule has 0 amide bonds. The minimum atomic E-state index is 0. The maximum Gasteiger partial charge on any atom is 0.143 e. The first-order valence-corrected chi connectivity index (χ1v) is 5.99. The molecule has 0 fully saturated rings. The van der Waals surface area contributed by atoms with Gasteiger partial charge in [0.2, 0.25) is 0 Å². The third-order valence-electron chi connectivity index (χ3n) is 1.79. The Morgan fingerprint density at radius 3 is 2.13 bits per heavy atom. The summed E-state index contributed by atoms with van der Waals surface area (Å²) in [4.78, 5) is 0. The Bertz CT molecular complexity index is 308. The van der Waals surface area contributed by atoms with Crippen LogP contribution in [0.4, 0.5) is 0 Å². The van der Waals surface area contributed by atoms with Crippen molar-refractivity contribution in [1.82, 2.24) is 5.32 Å². The quantitative estimate of drug-likeness (QED) is 0.859. The van der Waals surface area contributed by atoms with Crippen LogP contribution in [0.2, 0.25) is 0 Å². The standard InChI is InChI=1S/C10H13Br2NO.ClH/c1-6(2)13-5-7-3-8(11)10(14)9(12)4-7;/h3-4,6,13-14H,5H2,1-2H3;1H. The molecule has 0 unspecified atom stereocenters. The number of phenols is 1. The molecule has 0 radical (unpaired) electrons. The Kier molecular flexibility index (Phi) is 6.84. The molecule has 0 spiro atoms. The van der Waals surface area contributed by atoms with Crippen LogP contribution in [-0.4, -0.2) is 11.1 Å². The topological polar surface area (TPSA) is 32.3 Å². The molecule has 0 aliphatic heterocycles. The Hall–Kier alpha value is 0.230. The second-order valence-electron chi connectivity index (χ2n) is 3.44. The molecule has 2 nitrogen and oxygen atoms in total. The van der Waals surface area contributed by atoms with Crippen LogP contribution in [0.1, 0.15) is 19.4 Å². The number of hydrogen-bond acceptors (Lipinski definition) is 2. The number of aromatic hydroxyl groups is 1. The molecule has 5 heteroatoms. The van der Waals surface area contributed by atoms with Gasteiger partial charge in [0.15, 0.2) is 0 Å². The van der Waals surface area contributed by atoms with Gasteiger partial charge in [0.05, 0.1) is 8.95 Å². The van der Waals surface area contributed by atoms with Gasteiger partial charge >= 0.3 is 0 Å².